The molecule has 0 radical (unpaired) electrons. The lowest BCUT2D eigenvalue weighted by atomic mass is 9.87. The van der Waals surface area contributed by atoms with E-state index >= 15 is 0 Å². The van der Waals surface area contributed by atoms with Crippen LogP contribution in [-0.4, -0.2) is 16.7 Å². The molecular weight excluding hydrogens is 222 g/mol. The van der Waals surface area contributed by atoms with Gasteiger partial charge in [0.2, 0.25) is 0 Å². The summed E-state index contributed by atoms with van der Waals surface area (Å²) in [6.07, 6.45) is 2.82. The standard InChI is InChI=1S/C15H21N3/c1-15(2,3)14-13(10-17-18-14)12-6-4-5-11(9-12)7-8-16/h4-6,9-10H,7-8,16H2,1-3H3,(H,17,18). The fraction of sp³-hybridized carbons (Fsp3) is 0.400. The van der Waals surface area contributed by atoms with Gasteiger partial charge in [-0.3, -0.25) is 5.10 Å². The molecule has 2 aromatic rings. The maximum atomic E-state index is 5.61. The lowest BCUT2D eigenvalue weighted by Crippen LogP contribution is -2.13. The Hall–Kier alpha value is -1.61. The van der Waals surface area contributed by atoms with Crippen LogP contribution in [0.15, 0.2) is 30.5 Å². The summed E-state index contributed by atoms with van der Waals surface area (Å²) in [4.78, 5) is 0. The van der Waals surface area contributed by atoms with Crippen LogP contribution in [0, 0.1) is 0 Å². The molecule has 0 fully saturated rings. The Morgan fingerprint density at radius 1 is 1.28 bits per heavy atom. The fourth-order valence-corrected chi connectivity index (χ4v) is 2.14. The molecule has 0 atom stereocenters. The van der Waals surface area contributed by atoms with Crippen molar-refractivity contribution in [3.05, 3.63) is 41.7 Å². The van der Waals surface area contributed by atoms with Crippen molar-refractivity contribution in [3.63, 3.8) is 0 Å². The van der Waals surface area contributed by atoms with E-state index in [1.807, 2.05) is 6.20 Å². The average Bonchev–Trinajstić information content (AvgIpc) is 2.78. The molecule has 0 unspecified atom stereocenters. The Kier molecular flexibility index (Phi) is 3.53. The van der Waals surface area contributed by atoms with Crippen LogP contribution in [0.2, 0.25) is 0 Å². The second-order valence-electron chi connectivity index (χ2n) is 5.65. The van der Waals surface area contributed by atoms with Crippen molar-refractivity contribution in [3.8, 4) is 11.1 Å². The minimum Gasteiger partial charge on any atom is -0.330 e. The highest BCUT2D eigenvalue weighted by molar-refractivity contribution is 5.67. The van der Waals surface area contributed by atoms with Crippen molar-refractivity contribution in [1.29, 1.82) is 0 Å². The van der Waals surface area contributed by atoms with Crippen molar-refractivity contribution in [2.45, 2.75) is 32.6 Å². The zero-order valence-electron chi connectivity index (χ0n) is 11.3. The highest BCUT2D eigenvalue weighted by Gasteiger charge is 2.20. The summed E-state index contributed by atoms with van der Waals surface area (Å²) in [5, 5.41) is 7.31. The van der Waals surface area contributed by atoms with Gasteiger partial charge in [-0.15, -0.1) is 0 Å². The van der Waals surface area contributed by atoms with E-state index in [9.17, 15) is 0 Å². The topological polar surface area (TPSA) is 54.7 Å². The summed E-state index contributed by atoms with van der Waals surface area (Å²) < 4.78 is 0. The van der Waals surface area contributed by atoms with Gasteiger partial charge in [0.1, 0.15) is 0 Å². The van der Waals surface area contributed by atoms with Crippen LogP contribution in [0.3, 0.4) is 0 Å². The fourth-order valence-electron chi connectivity index (χ4n) is 2.14. The first-order valence-corrected chi connectivity index (χ1v) is 6.35. The number of hydrogen-bond donors (Lipinski definition) is 2. The summed E-state index contributed by atoms with van der Waals surface area (Å²) in [6.45, 7) is 7.25. The van der Waals surface area contributed by atoms with Crippen LogP contribution >= 0.6 is 0 Å². The Labute approximate surface area is 108 Å². The minimum atomic E-state index is 0.0652. The number of benzene rings is 1. The molecule has 1 heterocycles. The lowest BCUT2D eigenvalue weighted by Gasteiger charge is -2.18. The summed E-state index contributed by atoms with van der Waals surface area (Å²) in [5.74, 6) is 0. The van der Waals surface area contributed by atoms with Crippen LogP contribution < -0.4 is 5.73 Å². The van der Waals surface area contributed by atoms with E-state index in [4.69, 9.17) is 5.73 Å². The van der Waals surface area contributed by atoms with E-state index in [0.29, 0.717) is 6.54 Å². The summed E-state index contributed by atoms with van der Waals surface area (Å²) in [5.41, 5.74) is 10.5. The second kappa shape index (κ2) is 4.94. The summed E-state index contributed by atoms with van der Waals surface area (Å²) in [7, 11) is 0. The number of hydrogen-bond acceptors (Lipinski definition) is 2. The van der Waals surface area contributed by atoms with Crippen LogP contribution in [0.1, 0.15) is 32.0 Å². The van der Waals surface area contributed by atoms with Gasteiger partial charge in [-0.25, -0.2) is 0 Å². The predicted octanol–water partition coefficient (Wildman–Crippen LogP) is 2.88. The van der Waals surface area contributed by atoms with Gasteiger partial charge in [0, 0.05) is 16.7 Å². The number of aromatic amines is 1. The Bertz CT molecular complexity index is 521. The highest BCUT2D eigenvalue weighted by Crippen LogP contribution is 2.31. The third-order valence-electron chi connectivity index (χ3n) is 3.06. The minimum absolute atomic E-state index is 0.0652. The molecule has 0 aliphatic rings. The van der Waals surface area contributed by atoms with Gasteiger partial charge in [-0.2, -0.15) is 5.10 Å². The zero-order chi connectivity index (χ0) is 13.2. The number of H-pyrrole nitrogens is 1. The molecule has 0 bridgehead atoms. The van der Waals surface area contributed by atoms with Crippen molar-refractivity contribution < 1.29 is 0 Å². The van der Waals surface area contributed by atoms with E-state index in [1.54, 1.807) is 0 Å². The van der Waals surface area contributed by atoms with Crippen LogP contribution in [0.25, 0.3) is 11.1 Å². The van der Waals surface area contributed by atoms with Crippen molar-refractivity contribution in [2.24, 2.45) is 5.73 Å². The molecule has 0 aliphatic heterocycles. The molecule has 3 heteroatoms. The average molecular weight is 243 g/mol. The van der Waals surface area contributed by atoms with Gasteiger partial charge in [0.05, 0.1) is 6.20 Å². The number of nitrogens with zero attached hydrogens (tertiary/aromatic N) is 1. The van der Waals surface area contributed by atoms with Gasteiger partial charge in [0.25, 0.3) is 0 Å². The molecule has 96 valence electrons. The van der Waals surface area contributed by atoms with Crippen molar-refractivity contribution >= 4 is 0 Å². The molecule has 0 aliphatic carbocycles. The van der Waals surface area contributed by atoms with E-state index in [-0.39, 0.29) is 5.41 Å². The smallest absolute Gasteiger partial charge is 0.0568 e. The Balaban J connectivity index is 2.43. The molecule has 1 aromatic heterocycles. The molecular formula is C15H21N3. The normalized spacial score (nSPS) is 11.8. The van der Waals surface area contributed by atoms with Gasteiger partial charge >= 0.3 is 0 Å². The van der Waals surface area contributed by atoms with E-state index in [2.05, 4.69) is 55.2 Å². The first kappa shape index (κ1) is 12.8. The first-order chi connectivity index (χ1) is 8.52. The largest absolute Gasteiger partial charge is 0.330 e. The molecule has 2 rings (SSSR count). The van der Waals surface area contributed by atoms with Gasteiger partial charge in [-0.1, -0.05) is 45.0 Å². The van der Waals surface area contributed by atoms with E-state index < -0.39 is 0 Å². The second-order valence-corrected chi connectivity index (χ2v) is 5.65. The van der Waals surface area contributed by atoms with E-state index in [0.717, 1.165) is 6.42 Å². The monoisotopic (exact) mass is 243 g/mol. The molecule has 18 heavy (non-hydrogen) atoms. The third-order valence-corrected chi connectivity index (χ3v) is 3.06. The maximum absolute atomic E-state index is 5.61. The SMILES string of the molecule is CC(C)(C)c1[nH]ncc1-c1cccc(CCN)c1. The van der Waals surface area contributed by atoms with Crippen molar-refractivity contribution in [2.75, 3.05) is 6.54 Å². The summed E-state index contributed by atoms with van der Waals surface area (Å²) in [6, 6.07) is 8.53. The summed E-state index contributed by atoms with van der Waals surface area (Å²) >= 11 is 0. The molecule has 0 saturated carbocycles. The van der Waals surface area contributed by atoms with Gasteiger partial charge in [0.15, 0.2) is 0 Å². The molecule has 0 saturated heterocycles. The zero-order valence-corrected chi connectivity index (χ0v) is 11.3. The number of nitrogens with one attached hydrogen (secondary N) is 1. The third kappa shape index (κ3) is 2.62. The number of aromatic nitrogens is 2. The molecule has 0 spiro atoms. The molecule has 0 amide bonds. The van der Waals surface area contributed by atoms with Crippen molar-refractivity contribution in [1.82, 2.24) is 10.2 Å². The van der Waals surface area contributed by atoms with Crippen LogP contribution in [0.5, 0.6) is 0 Å². The van der Waals surface area contributed by atoms with Gasteiger partial charge in [-0.05, 0) is 24.1 Å². The predicted molar refractivity (Wildman–Crippen MR) is 75.5 cm³/mol. The maximum Gasteiger partial charge on any atom is 0.0568 e. The number of rotatable bonds is 3. The van der Waals surface area contributed by atoms with E-state index in [1.165, 1.54) is 22.4 Å². The van der Waals surface area contributed by atoms with Crippen LogP contribution in [-0.2, 0) is 11.8 Å². The molecule has 3 nitrogen and oxygen atoms in total. The Morgan fingerprint density at radius 3 is 2.72 bits per heavy atom. The van der Waals surface area contributed by atoms with Crippen LogP contribution in [0.4, 0.5) is 0 Å². The highest BCUT2D eigenvalue weighted by atomic mass is 15.1. The Morgan fingerprint density at radius 2 is 2.06 bits per heavy atom. The number of nitrogens with two attached hydrogens (primary N) is 1. The molecule has 3 N–H and O–H groups in total. The quantitative estimate of drug-likeness (QED) is 0.871. The molecule has 1 aromatic carbocycles. The first-order valence-electron chi connectivity index (χ1n) is 6.35. The lowest BCUT2D eigenvalue weighted by molar-refractivity contribution is 0.568. The van der Waals surface area contributed by atoms with Gasteiger partial charge < -0.3 is 5.73 Å².